The Morgan fingerprint density at radius 1 is 1.30 bits per heavy atom. The first kappa shape index (κ1) is 20.1. The number of hydrogen-bond donors (Lipinski definition) is 2. The number of carbonyl (C=O) groups excluding carboxylic acids is 1. The maximum absolute atomic E-state index is 12.3. The normalized spacial score (nSPS) is 12.2. The molecule has 0 saturated carbocycles. The second-order valence-corrected chi connectivity index (χ2v) is 8.19. The number of nitrogens with one attached hydrogen (secondary N) is 1. The van der Waals surface area contributed by atoms with E-state index >= 15 is 0 Å². The third-order valence-corrected chi connectivity index (χ3v) is 6.20. The van der Waals surface area contributed by atoms with Crippen molar-refractivity contribution in [1.29, 1.82) is 0 Å². The topological polar surface area (TPSA) is 119 Å². The Kier molecular flexibility index (Phi) is 6.10. The number of H-pyrrole nitrogens is 1. The van der Waals surface area contributed by atoms with Crippen molar-refractivity contribution < 1.29 is 14.6 Å². The zero-order valence-corrected chi connectivity index (χ0v) is 17.6. The number of benzene rings is 1. The lowest BCUT2D eigenvalue weighted by molar-refractivity contribution is -0.133. The van der Waals surface area contributed by atoms with Crippen LogP contribution in [0.5, 0.6) is 0 Å². The van der Waals surface area contributed by atoms with Gasteiger partial charge in [0.1, 0.15) is 17.2 Å². The molecular weight excluding hydrogens is 424 g/mol. The van der Waals surface area contributed by atoms with Gasteiger partial charge in [0.2, 0.25) is 5.16 Å². The quantitative estimate of drug-likeness (QED) is 0.185. The fraction of sp³-hybridized carbons (Fsp3) is 0.211. The van der Waals surface area contributed by atoms with Crippen LogP contribution in [0.3, 0.4) is 0 Å². The molecule has 0 aliphatic heterocycles. The predicted molar refractivity (Wildman–Crippen MR) is 114 cm³/mol. The Balaban J connectivity index is 1.53. The third kappa shape index (κ3) is 4.36. The molecule has 30 heavy (non-hydrogen) atoms. The monoisotopic (exact) mass is 442 g/mol. The number of thioether (sulfide) groups is 1. The van der Waals surface area contributed by atoms with E-state index < -0.39 is 5.97 Å². The standard InChI is InChI=1S/C19H18N6O3S2/c1-28-18(27)16(17-20-13-6-2-3-7-14(13)21-17)15(26)11-30-19-22-23-24-25(19)9-8-12-5-4-10-29-12/h2-7,10,26H,8-9,11H2,1H3,(H,20,21)/b16-15+. The van der Waals surface area contributed by atoms with Gasteiger partial charge in [-0.15, -0.1) is 16.4 Å². The van der Waals surface area contributed by atoms with Crippen LogP contribution >= 0.6 is 23.1 Å². The molecule has 0 spiro atoms. The average molecular weight is 443 g/mol. The molecule has 154 valence electrons. The van der Waals surface area contributed by atoms with E-state index in [2.05, 4.69) is 31.6 Å². The van der Waals surface area contributed by atoms with E-state index in [4.69, 9.17) is 4.74 Å². The molecule has 3 aromatic heterocycles. The first-order chi connectivity index (χ1) is 14.7. The van der Waals surface area contributed by atoms with E-state index in [1.807, 2.05) is 35.7 Å². The highest BCUT2D eigenvalue weighted by molar-refractivity contribution is 7.99. The van der Waals surface area contributed by atoms with E-state index in [9.17, 15) is 9.90 Å². The number of imidazole rings is 1. The van der Waals surface area contributed by atoms with Gasteiger partial charge in [-0.3, -0.25) is 0 Å². The number of nitrogens with zero attached hydrogens (tertiary/aromatic N) is 5. The Labute approximate surface area is 179 Å². The lowest BCUT2D eigenvalue weighted by Gasteiger charge is -2.07. The molecule has 4 aromatic rings. The Hall–Kier alpha value is -3.18. The number of ether oxygens (including phenoxy) is 1. The van der Waals surface area contributed by atoms with E-state index in [0.29, 0.717) is 17.2 Å². The number of aryl methyl sites for hydroxylation is 2. The number of rotatable bonds is 8. The van der Waals surface area contributed by atoms with Crippen molar-refractivity contribution in [2.24, 2.45) is 0 Å². The summed E-state index contributed by atoms with van der Waals surface area (Å²) in [4.78, 5) is 21.0. The molecule has 0 unspecified atom stereocenters. The Bertz CT molecular complexity index is 1150. The predicted octanol–water partition coefficient (Wildman–Crippen LogP) is 3.09. The minimum atomic E-state index is -0.676. The highest BCUT2D eigenvalue weighted by Crippen LogP contribution is 2.25. The van der Waals surface area contributed by atoms with Crippen LogP contribution in [0.4, 0.5) is 0 Å². The lowest BCUT2D eigenvalue weighted by Crippen LogP contribution is -2.10. The van der Waals surface area contributed by atoms with Crippen molar-refractivity contribution >= 4 is 45.7 Å². The highest BCUT2D eigenvalue weighted by Gasteiger charge is 2.22. The number of methoxy groups -OCH3 is 1. The lowest BCUT2D eigenvalue weighted by atomic mass is 10.2. The first-order valence-electron chi connectivity index (χ1n) is 9.02. The molecule has 0 aliphatic rings. The minimum Gasteiger partial charge on any atom is -0.510 e. The maximum atomic E-state index is 12.3. The summed E-state index contributed by atoms with van der Waals surface area (Å²) in [5.41, 5.74) is 1.43. The van der Waals surface area contributed by atoms with Crippen LogP contribution in [0.1, 0.15) is 10.7 Å². The summed E-state index contributed by atoms with van der Waals surface area (Å²) in [5, 5.41) is 25.0. The van der Waals surface area contributed by atoms with Gasteiger partial charge < -0.3 is 14.8 Å². The summed E-state index contributed by atoms with van der Waals surface area (Å²) in [6, 6.07) is 11.4. The average Bonchev–Trinajstić information content (AvgIpc) is 3.51. The number of esters is 1. The van der Waals surface area contributed by atoms with Crippen LogP contribution in [0.15, 0.2) is 52.7 Å². The van der Waals surface area contributed by atoms with Crippen LogP contribution in [0.25, 0.3) is 16.6 Å². The van der Waals surface area contributed by atoms with Gasteiger partial charge in [0.15, 0.2) is 0 Å². The molecule has 0 aliphatic carbocycles. The largest absolute Gasteiger partial charge is 0.510 e. The molecule has 0 bridgehead atoms. The summed E-state index contributed by atoms with van der Waals surface area (Å²) in [6.45, 7) is 0.619. The summed E-state index contributed by atoms with van der Waals surface area (Å²) in [6.07, 6.45) is 0.810. The van der Waals surface area contributed by atoms with Crippen LogP contribution in [-0.2, 0) is 22.5 Å². The second kappa shape index (κ2) is 9.09. The molecule has 0 atom stereocenters. The summed E-state index contributed by atoms with van der Waals surface area (Å²) in [7, 11) is 1.26. The van der Waals surface area contributed by atoms with Crippen molar-refractivity contribution in [3.63, 3.8) is 0 Å². The summed E-state index contributed by atoms with van der Waals surface area (Å²) >= 11 is 2.91. The van der Waals surface area contributed by atoms with Gasteiger partial charge in [-0.2, -0.15) is 0 Å². The molecule has 0 fully saturated rings. The third-order valence-electron chi connectivity index (χ3n) is 4.29. The second-order valence-electron chi connectivity index (χ2n) is 6.22. The SMILES string of the molecule is COC(=O)/C(=C(/O)CSc1nnnn1CCc1cccs1)c1nc2ccccc2[nH]1. The van der Waals surface area contributed by atoms with Crippen LogP contribution in [0, 0.1) is 0 Å². The van der Waals surface area contributed by atoms with Gasteiger partial charge >= 0.3 is 5.97 Å². The number of tetrazole rings is 1. The van der Waals surface area contributed by atoms with Gasteiger partial charge in [-0.25, -0.2) is 14.5 Å². The fourth-order valence-corrected chi connectivity index (χ4v) is 4.32. The Morgan fingerprint density at radius 3 is 2.93 bits per heavy atom. The molecule has 2 N–H and O–H groups in total. The molecule has 0 radical (unpaired) electrons. The fourth-order valence-electron chi connectivity index (χ4n) is 2.84. The van der Waals surface area contributed by atoms with Crippen molar-refractivity contribution in [2.45, 2.75) is 18.1 Å². The highest BCUT2D eigenvalue weighted by atomic mass is 32.2. The molecule has 4 rings (SSSR count). The number of aliphatic hydroxyl groups is 1. The van der Waals surface area contributed by atoms with Crippen molar-refractivity contribution in [2.75, 3.05) is 12.9 Å². The van der Waals surface area contributed by atoms with E-state index in [0.717, 1.165) is 11.9 Å². The van der Waals surface area contributed by atoms with E-state index in [1.54, 1.807) is 16.0 Å². The summed E-state index contributed by atoms with van der Waals surface area (Å²) < 4.78 is 6.53. The zero-order chi connectivity index (χ0) is 20.9. The van der Waals surface area contributed by atoms with Gasteiger partial charge in [-0.05, 0) is 34.0 Å². The van der Waals surface area contributed by atoms with Gasteiger partial charge in [0.05, 0.1) is 30.4 Å². The smallest absolute Gasteiger partial charge is 0.345 e. The number of carbonyl (C=O) groups is 1. The molecule has 11 heteroatoms. The van der Waals surface area contributed by atoms with Gasteiger partial charge in [0, 0.05) is 11.3 Å². The Morgan fingerprint density at radius 2 is 2.17 bits per heavy atom. The van der Waals surface area contributed by atoms with Crippen molar-refractivity contribution in [1.82, 2.24) is 30.2 Å². The number of hydrogen-bond acceptors (Lipinski definition) is 9. The maximum Gasteiger partial charge on any atom is 0.345 e. The van der Waals surface area contributed by atoms with E-state index in [1.165, 1.54) is 23.7 Å². The molecule has 1 aromatic carbocycles. The molecule has 3 heterocycles. The minimum absolute atomic E-state index is 0.0150. The number of fused-ring (bicyclic) bond motifs is 1. The van der Waals surface area contributed by atoms with E-state index in [-0.39, 0.29) is 22.9 Å². The van der Waals surface area contributed by atoms with Gasteiger partial charge in [-0.1, -0.05) is 30.0 Å². The number of aliphatic hydroxyl groups excluding tert-OH is 1. The molecular formula is C19H18N6O3S2. The molecule has 0 amide bonds. The van der Waals surface area contributed by atoms with Crippen molar-refractivity contribution in [3.8, 4) is 0 Å². The zero-order valence-electron chi connectivity index (χ0n) is 16.0. The number of thiophene rings is 1. The van der Waals surface area contributed by atoms with Crippen LogP contribution in [0.2, 0.25) is 0 Å². The number of para-hydroxylation sites is 2. The molecule has 9 nitrogen and oxygen atoms in total. The van der Waals surface area contributed by atoms with Gasteiger partial charge in [0.25, 0.3) is 0 Å². The van der Waals surface area contributed by atoms with Crippen LogP contribution < -0.4 is 0 Å². The van der Waals surface area contributed by atoms with Crippen molar-refractivity contribution in [3.05, 3.63) is 58.2 Å². The molecule has 0 saturated heterocycles. The first-order valence-corrected chi connectivity index (χ1v) is 10.9. The summed E-state index contributed by atoms with van der Waals surface area (Å²) in [5.74, 6) is -0.512. The number of aromatic amines is 1. The number of aromatic nitrogens is 6. The van der Waals surface area contributed by atoms with Crippen LogP contribution in [-0.4, -0.2) is 54.1 Å².